The Morgan fingerprint density at radius 2 is 2.06 bits per heavy atom. The first-order valence-electron chi connectivity index (χ1n) is 6.99. The predicted octanol–water partition coefficient (Wildman–Crippen LogP) is 3.47. The van der Waals surface area contributed by atoms with Gasteiger partial charge >= 0.3 is 0 Å². The Hall–Kier alpha value is -0.0800. The van der Waals surface area contributed by atoms with Gasteiger partial charge in [-0.05, 0) is 36.5 Å². The lowest BCUT2D eigenvalue weighted by molar-refractivity contribution is 0.0743. The Balaban J connectivity index is 2.69. The van der Waals surface area contributed by atoms with E-state index in [2.05, 4.69) is 33.1 Å². The third-order valence-electron chi connectivity index (χ3n) is 4.57. The van der Waals surface area contributed by atoms with Crippen molar-refractivity contribution in [1.82, 2.24) is 5.43 Å². The molecule has 0 aromatic heterocycles. The van der Waals surface area contributed by atoms with Crippen LogP contribution in [0.1, 0.15) is 66.2 Å². The third-order valence-corrected chi connectivity index (χ3v) is 4.57. The van der Waals surface area contributed by atoms with E-state index in [9.17, 15) is 0 Å². The van der Waals surface area contributed by atoms with E-state index < -0.39 is 0 Å². The highest BCUT2D eigenvalue weighted by molar-refractivity contribution is 4.91. The van der Waals surface area contributed by atoms with Crippen LogP contribution in [0.2, 0.25) is 0 Å². The molecule has 3 N–H and O–H groups in total. The molecule has 2 nitrogen and oxygen atoms in total. The summed E-state index contributed by atoms with van der Waals surface area (Å²) in [4.78, 5) is 0. The molecule has 16 heavy (non-hydrogen) atoms. The minimum atomic E-state index is 0.456. The van der Waals surface area contributed by atoms with Crippen LogP contribution in [0.3, 0.4) is 0 Å². The Morgan fingerprint density at radius 1 is 1.38 bits per heavy atom. The van der Waals surface area contributed by atoms with Crippen LogP contribution in [0.4, 0.5) is 0 Å². The second-order valence-corrected chi connectivity index (χ2v) is 6.30. The molecule has 0 amide bonds. The first-order valence-corrected chi connectivity index (χ1v) is 6.99. The minimum absolute atomic E-state index is 0.456. The molecule has 2 heteroatoms. The predicted molar refractivity (Wildman–Crippen MR) is 70.9 cm³/mol. The van der Waals surface area contributed by atoms with E-state index in [-0.39, 0.29) is 0 Å². The molecule has 0 radical (unpaired) electrons. The highest BCUT2D eigenvalue weighted by atomic mass is 15.2. The summed E-state index contributed by atoms with van der Waals surface area (Å²) in [6.07, 6.45) is 8.01. The zero-order chi connectivity index (χ0) is 12.2. The van der Waals surface area contributed by atoms with Crippen LogP contribution in [0.15, 0.2) is 0 Å². The minimum Gasteiger partial charge on any atom is -0.271 e. The number of nitrogens with two attached hydrogens (primary N) is 1. The first kappa shape index (κ1) is 14.0. The van der Waals surface area contributed by atoms with Crippen LogP contribution in [-0.2, 0) is 0 Å². The molecule has 1 saturated carbocycles. The maximum absolute atomic E-state index is 5.81. The average Bonchev–Trinajstić information content (AvgIpc) is 2.21. The van der Waals surface area contributed by atoms with Crippen LogP contribution in [-0.4, -0.2) is 6.04 Å². The summed E-state index contributed by atoms with van der Waals surface area (Å²) in [6, 6.07) is 0.496. The summed E-state index contributed by atoms with van der Waals surface area (Å²) in [5.41, 5.74) is 3.57. The van der Waals surface area contributed by atoms with Crippen LogP contribution in [0, 0.1) is 17.3 Å². The number of hydrogen-bond acceptors (Lipinski definition) is 2. The van der Waals surface area contributed by atoms with Crippen molar-refractivity contribution in [2.24, 2.45) is 23.1 Å². The van der Waals surface area contributed by atoms with E-state index in [1.165, 1.54) is 38.5 Å². The molecule has 96 valence electrons. The molecule has 0 aromatic carbocycles. The van der Waals surface area contributed by atoms with Gasteiger partial charge in [0.15, 0.2) is 0 Å². The number of rotatable bonds is 5. The Morgan fingerprint density at radius 3 is 2.56 bits per heavy atom. The van der Waals surface area contributed by atoms with Crippen molar-refractivity contribution in [2.45, 2.75) is 72.3 Å². The molecular formula is C14H30N2. The molecule has 0 aromatic rings. The molecule has 1 aliphatic rings. The molecule has 0 bridgehead atoms. The number of hydrogen-bond donors (Lipinski definition) is 2. The first-order chi connectivity index (χ1) is 7.53. The van der Waals surface area contributed by atoms with Crippen LogP contribution < -0.4 is 11.3 Å². The van der Waals surface area contributed by atoms with Gasteiger partial charge in [0.1, 0.15) is 0 Å². The summed E-state index contributed by atoms with van der Waals surface area (Å²) in [7, 11) is 0. The Kier molecular flexibility index (Phi) is 5.26. The van der Waals surface area contributed by atoms with E-state index in [0.29, 0.717) is 17.4 Å². The fourth-order valence-electron chi connectivity index (χ4n) is 3.50. The average molecular weight is 226 g/mol. The van der Waals surface area contributed by atoms with Crippen molar-refractivity contribution in [1.29, 1.82) is 0 Å². The fourth-order valence-corrected chi connectivity index (χ4v) is 3.50. The monoisotopic (exact) mass is 226 g/mol. The van der Waals surface area contributed by atoms with Crippen molar-refractivity contribution in [3.8, 4) is 0 Å². The van der Waals surface area contributed by atoms with Crippen molar-refractivity contribution >= 4 is 0 Å². The van der Waals surface area contributed by atoms with Gasteiger partial charge in [0.2, 0.25) is 0 Å². The second kappa shape index (κ2) is 6.02. The third kappa shape index (κ3) is 3.21. The molecule has 3 unspecified atom stereocenters. The lowest BCUT2D eigenvalue weighted by Crippen LogP contribution is -2.51. The molecule has 0 heterocycles. The van der Waals surface area contributed by atoms with Crippen molar-refractivity contribution in [3.63, 3.8) is 0 Å². The van der Waals surface area contributed by atoms with E-state index >= 15 is 0 Å². The standard InChI is InChI=1S/C14H30N2/c1-5-8-11(2)13(16-15)12-9-6-7-10-14(12,3)4/h11-13,16H,5-10,15H2,1-4H3. The second-order valence-electron chi connectivity index (χ2n) is 6.30. The Bertz CT molecular complexity index is 201. The number of hydrazine groups is 1. The quantitative estimate of drug-likeness (QED) is 0.556. The van der Waals surface area contributed by atoms with Gasteiger partial charge in [-0.15, -0.1) is 0 Å². The van der Waals surface area contributed by atoms with E-state index in [1.54, 1.807) is 0 Å². The van der Waals surface area contributed by atoms with Gasteiger partial charge in [0.05, 0.1) is 0 Å². The maximum Gasteiger partial charge on any atom is 0.0269 e. The van der Waals surface area contributed by atoms with Crippen molar-refractivity contribution < 1.29 is 0 Å². The van der Waals surface area contributed by atoms with Gasteiger partial charge in [-0.3, -0.25) is 11.3 Å². The normalized spacial score (nSPS) is 28.7. The SMILES string of the molecule is CCCC(C)C(NN)C1CCCCC1(C)C. The van der Waals surface area contributed by atoms with Crippen molar-refractivity contribution in [2.75, 3.05) is 0 Å². The summed E-state index contributed by atoms with van der Waals surface area (Å²) >= 11 is 0. The van der Waals surface area contributed by atoms with E-state index in [1.807, 2.05) is 0 Å². The molecule has 1 fully saturated rings. The van der Waals surface area contributed by atoms with E-state index in [4.69, 9.17) is 5.84 Å². The van der Waals surface area contributed by atoms with Gasteiger partial charge in [-0.25, -0.2) is 0 Å². The van der Waals surface area contributed by atoms with Gasteiger partial charge in [-0.1, -0.05) is 47.0 Å². The topological polar surface area (TPSA) is 38.0 Å². The summed E-state index contributed by atoms with van der Waals surface area (Å²) in [5.74, 6) is 7.24. The zero-order valence-electron chi connectivity index (χ0n) is 11.6. The lowest BCUT2D eigenvalue weighted by Gasteiger charge is -2.45. The van der Waals surface area contributed by atoms with Gasteiger partial charge < -0.3 is 0 Å². The van der Waals surface area contributed by atoms with Crippen LogP contribution in [0.25, 0.3) is 0 Å². The molecule has 0 spiro atoms. The fraction of sp³-hybridized carbons (Fsp3) is 1.00. The zero-order valence-corrected chi connectivity index (χ0v) is 11.6. The number of nitrogens with one attached hydrogen (secondary N) is 1. The summed E-state index contributed by atoms with van der Waals surface area (Å²) < 4.78 is 0. The van der Waals surface area contributed by atoms with Gasteiger partial charge in [0.25, 0.3) is 0 Å². The highest BCUT2D eigenvalue weighted by Crippen LogP contribution is 2.44. The molecule has 3 atom stereocenters. The largest absolute Gasteiger partial charge is 0.271 e. The smallest absolute Gasteiger partial charge is 0.0269 e. The van der Waals surface area contributed by atoms with E-state index in [0.717, 1.165) is 5.92 Å². The van der Waals surface area contributed by atoms with Crippen molar-refractivity contribution in [3.05, 3.63) is 0 Å². The molecule has 0 aliphatic heterocycles. The van der Waals surface area contributed by atoms with Gasteiger partial charge in [-0.2, -0.15) is 0 Å². The molecule has 0 saturated heterocycles. The molecular weight excluding hydrogens is 196 g/mol. The molecule has 1 aliphatic carbocycles. The Labute approximate surface area is 101 Å². The van der Waals surface area contributed by atoms with Gasteiger partial charge in [0, 0.05) is 6.04 Å². The highest BCUT2D eigenvalue weighted by Gasteiger charge is 2.38. The summed E-state index contributed by atoms with van der Waals surface area (Å²) in [5, 5.41) is 0. The van der Waals surface area contributed by atoms with Crippen LogP contribution >= 0.6 is 0 Å². The molecule has 1 rings (SSSR count). The van der Waals surface area contributed by atoms with Crippen LogP contribution in [0.5, 0.6) is 0 Å². The lowest BCUT2D eigenvalue weighted by atomic mass is 9.63. The maximum atomic E-state index is 5.81. The summed E-state index contributed by atoms with van der Waals surface area (Å²) in [6.45, 7) is 9.44.